The Bertz CT molecular complexity index is 3770. The molecule has 2 aliphatic heterocycles. The van der Waals surface area contributed by atoms with Crippen LogP contribution >= 0.6 is 0 Å². The van der Waals surface area contributed by atoms with Crippen LogP contribution in [0.3, 0.4) is 0 Å². The molecule has 2 aliphatic rings. The van der Waals surface area contributed by atoms with Gasteiger partial charge in [0.05, 0.1) is 45.5 Å². The molecule has 8 bridgehead atoms. The summed E-state index contributed by atoms with van der Waals surface area (Å²) in [4.78, 5) is 78.7. The van der Waals surface area contributed by atoms with Crippen molar-refractivity contribution >= 4 is 92.7 Å². The second-order valence-corrected chi connectivity index (χ2v) is 29.0. The number of fused-ring (bicyclic) bond motifs is 8. The van der Waals surface area contributed by atoms with E-state index < -0.39 is 0 Å². The van der Waals surface area contributed by atoms with Crippen LogP contribution in [-0.2, 0) is 57.6 Å². The van der Waals surface area contributed by atoms with Gasteiger partial charge in [-0.15, -0.1) is 22.1 Å². The van der Waals surface area contributed by atoms with Gasteiger partial charge in [-0.2, -0.15) is 0 Å². The van der Waals surface area contributed by atoms with Crippen LogP contribution in [0.1, 0.15) is 184 Å². The minimum absolute atomic E-state index is 0. The van der Waals surface area contributed by atoms with Gasteiger partial charge < -0.3 is 31.2 Å². The SMILES string of the molecule is CC(C)C(=O)Nc1cccc(NC(=O)C(C)C)c1-c1c2nc(c(-c3cc(C(C)(C)C)cc(C(C)(C)C)c3)c3ccc([n-]3)c(-c3c(NC(=O)C(C)C)cccc3NC(=O)C(C)C)c3nc(c(-c4cc(C(C)(C)C)cc(C(C)(C)C)c4)c4ccc1[n-]4)C=C3)C=C2.[Co+2]. The van der Waals surface area contributed by atoms with Crippen molar-refractivity contribution in [1.82, 2.24) is 19.9 Å². The van der Waals surface area contributed by atoms with Crippen molar-refractivity contribution in [2.24, 2.45) is 23.7 Å². The van der Waals surface area contributed by atoms with Crippen LogP contribution in [0.15, 0.2) is 97.1 Å². The fourth-order valence-corrected chi connectivity index (χ4v) is 10.6. The van der Waals surface area contributed by atoms with Gasteiger partial charge in [-0.05, 0) is 126 Å². The monoisotopic (exact) mass is 1240 g/mol. The van der Waals surface area contributed by atoms with Crippen LogP contribution in [0.25, 0.3) is 90.9 Å². The maximum absolute atomic E-state index is 14.0. The third-order valence-electron chi connectivity index (χ3n) is 16.3. The van der Waals surface area contributed by atoms with E-state index in [0.29, 0.717) is 89.8 Å². The van der Waals surface area contributed by atoms with E-state index in [1.807, 2.05) is 140 Å². The van der Waals surface area contributed by atoms with Crippen molar-refractivity contribution in [1.29, 1.82) is 0 Å². The zero-order valence-electron chi connectivity index (χ0n) is 55.6. The van der Waals surface area contributed by atoms with Gasteiger partial charge in [-0.1, -0.05) is 211 Å². The predicted molar refractivity (Wildman–Crippen MR) is 367 cm³/mol. The van der Waals surface area contributed by atoms with Gasteiger partial charge in [0.1, 0.15) is 0 Å². The normalized spacial score (nSPS) is 12.7. The number of hydrogen-bond donors (Lipinski definition) is 4. The fourth-order valence-electron chi connectivity index (χ4n) is 10.6. The summed E-state index contributed by atoms with van der Waals surface area (Å²) in [6, 6.07) is 32.6. The number of nitrogens with zero attached hydrogens (tertiary/aromatic N) is 4. The first kappa shape index (κ1) is 66.8. The summed E-state index contributed by atoms with van der Waals surface area (Å²) in [5, 5.41) is 12.9. The standard InChI is InChI=1S/C76H90N8O4.Co/c1-41(2)69(85)81-51-23-21-24-52(82-70(86)42(3)4)65(51)67-59-31-27-55(77-59)63(45-35-47(73(9,10)11)39-48(36-45)74(12,13)14)57-29-33-61(79-57)68(66-53(83-71(87)43(5)6)25-22-26-54(66)84-72(88)44(7)8)62-34-30-58(80-62)64(56-28-32-60(67)78-56)46-37-49(75(15,16)17)40-50(38-46)76(18,19)20;/h21-44H,1-20H3,(H6,77,78,79,80,81,82,83,84,85,86,87,88);/q;+2/p-2. The van der Waals surface area contributed by atoms with E-state index >= 15 is 0 Å². The van der Waals surface area contributed by atoms with Gasteiger partial charge in [-0.3, -0.25) is 19.2 Å². The van der Waals surface area contributed by atoms with Crippen LogP contribution in [0, 0.1) is 23.7 Å². The summed E-state index contributed by atoms with van der Waals surface area (Å²) >= 11 is 0. The van der Waals surface area contributed by atoms with E-state index in [1.54, 1.807) is 0 Å². The summed E-state index contributed by atoms with van der Waals surface area (Å²) < 4.78 is 0. The first-order chi connectivity index (χ1) is 41.1. The molecule has 0 fully saturated rings. The molecule has 0 saturated heterocycles. The van der Waals surface area contributed by atoms with Gasteiger partial charge in [0, 0.05) is 34.8 Å². The molecule has 0 spiro atoms. The van der Waals surface area contributed by atoms with Gasteiger partial charge in [0.15, 0.2) is 0 Å². The molecule has 1 radical (unpaired) electrons. The number of benzene rings is 4. The molecule has 9 rings (SSSR count). The summed E-state index contributed by atoms with van der Waals surface area (Å²) in [7, 11) is 0. The summed E-state index contributed by atoms with van der Waals surface area (Å²) in [6.07, 6.45) is 8.00. The van der Waals surface area contributed by atoms with E-state index in [1.165, 1.54) is 0 Å². The summed E-state index contributed by atoms with van der Waals surface area (Å²) in [5.41, 5.74) is 15.6. The van der Waals surface area contributed by atoms with Crippen molar-refractivity contribution in [2.75, 3.05) is 21.3 Å². The zero-order valence-corrected chi connectivity index (χ0v) is 56.7. The molecule has 0 atom stereocenters. The number of aromatic nitrogens is 4. The van der Waals surface area contributed by atoms with Crippen molar-refractivity contribution in [3.8, 4) is 44.5 Å². The molecule has 4 N–H and O–H groups in total. The van der Waals surface area contributed by atoms with Gasteiger partial charge >= 0.3 is 16.8 Å². The molecule has 4 amide bonds. The van der Waals surface area contributed by atoms with E-state index in [0.717, 1.165) is 44.5 Å². The van der Waals surface area contributed by atoms with Crippen molar-refractivity contribution in [3.63, 3.8) is 0 Å². The molecule has 0 unspecified atom stereocenters. The third kappa shape index (κ3) is 14.3. The number of nitrogens with one attached hydrogen (secondary N) is 4. The van der Waals surface area contributed by atoms with Crippen molar-refractivity contribution in [2.45, 2.75) is 160 Å². The molecule has 5 heterocycles. The number of carbonyl (C=O) groups is 4. The van der Waals surface area contributed by atoms with E-state index in [2.05, 4.69) is 141 Å². The number of amides is 4. The predicted octanol–water partition coefficient (Wildman–Crippen LogP) is 18.1. The van der Waals surface area contributed by atoms with Crippen LogP contribution < -0.4 is 31.2 Å². The first-order valence-electron chi connectivity index (χ1n) is 31.0. The quantitative estimate of drug-likeness (QED) is 0.0936. The Kier molecular flexibility index (Phi) is 19.1. The van der Waals surface area contributed by atoms with Gasteiger partial charge in [-0.25, -0.2) is 9.97 Å². The molecule has 0 saturated carbocycles. The van der Waals surface area contributed by atoms with Gasteiger partial charge in [0.2, 0.25) is 23.6 Å². The van der Waals surface area contributed by atoms with E-state index in [4.69, 9.17) is 19.9 Å². The molecule has 3 aromatic heterocycles. The number of hydrogen-bond acceptors (Lipinski definition) is 6. The second-order valence-electron chi connectivity index (χ2n) is 29.0. The Morgan fingerprint density at radius 3 is 0.787 bits per heavy atom. The van der Waals surface area contributed by atoms with Crippen LogP contribution in [0.5, 0.6) is 0 Å². The van der Waals surface area contributed by atoms with Crippen LogP contribution in [0.4, 0.5) is 22.7 Å². The third-order valence-corrected chi connectivity index (χ3v) is 16.3. The first-order valence-corrected chi connectivity index (χ1v) is 31.0. The largest absolute Gasteiger partial charge is 2.00 e. The Morgan fingerprint density at radius 1 is 0.337 bits per heavy atom. The second kappa shape index (κ2) is 25.4. The molecule has 0 aliphatic carbocycles. The maximum atomic E-state index is 14.0. The molecule has 12 nitrogen and oxygen atoms in total. The van der Waals surface area contributed by atoms with Crippen molar-refractivity contribution < 1.29 is 36.0 Å². The Labute approximate surface area is 537 Å². The topological polar surface area (TPSA) is 170 Å². The number of anilines is 4. The Balaban J connectivity index is 0.0000102. The van der Waals surface area contributed by atoms with Crippen LogP contribution in [0.2, 0.25) is 0 Å². The molecule has 89 heavy (non-hydrogen) atoms. The fraction of sp³-hybridized carbons (Fsp3) is 0.368. The van der Waals surface area contributed by atoms with E-state index in [-0.39, 0.29) is 85.7 Å². The van der Waals surface area contributed by atoms with Gasteiger partial charge in [0.25, 0.3) is 0 Å². The molecule has 465 valence electrons. The average molecular weight is 1240 g/mol. The average Bonchev–Trinajstić information content (AvgIpc) is 1.74. The zero-order chi connectivity index (χ0) is 64.3. The summed E-state index contributed by atoms with van der Waals surface area (Å²) in [5.74, 6) is -2.27. The van der Waals surface area contributed by atoms with E-state index in [9.17, 15) is 19.2 Å². The smallest absolute Gasteiger partial charge is 0.657 e. The van der Waals surface area contributed by atoms with Crippen molar-refractivity contribution in [3.05, 3.63) is 142 Å². The minimum atomic E-state index is -0.367. The maximum Gasteiger partial charge on any atom is 2.00 e. The number of carbonyl (C=O) groups excluding carboxylic acids is 4. The van der Waals surface area contributed by atoms with Crippen LogP contribution in [-0.4, -0.2) is 33.6 Å². The molecule has 13 heteroatoms. The Morgan fingerprint density at radius 2 is 0.562 bits per heavy atom. The molecular formula is C76H88CoN8O4. The number of rotatable bonds is 12. The summed E-state index contributed by atoms with van der Waals surface area (Å²) in [6.45, 7) is 41.4. The molecule has 4 aromatic carbocycles. The Hall–Kier alpha value is -8.13. The molecular weight excluding hydrogens is 1150 g/mol. The minimum Gasteiger partial charge on any atom is -0.657 e. The molecule has 7 aromatic rings.